The third-order valence-electron chi connectivity index (χ3n) is 3.15. The molecule has 8 heteroatoms. The number of fused-ring (bicyclic) bond motifs is 1. The molecule has 0 bridgehead atoms. The topological polar surface area (TPSA) is 98.1 Å². The molecule has 0 spiro atoms. The van der Waals surface area contributed by atoms with Crippen LogP contribution in [0.4, 0.5) is 0 Å². The molecule has 1 N–H and O–H groups in total. The minimum atomic E-state index is -0.682. The number of carbonyl (C=O) groups is 1. The van der Waals surface area contributed by atoms with Gasteiger partial charge in [0.25, 0.3) is 0 Å². The van der Waals surface area contributed by atoms with Gasteiger partial charge in [-0.3, -0.25) is 9.89 Å². The number of nitrogens with zero attached hydrogens (tertiary/aromatic N) is 2. The summed E-state index contributed by atoms with van der Waals surface area (Å²) in [5.74, 6) is 0.828. The van der Waals surface area contributed by atoms with Crippen molar-refractivity contribution in [2.24, 2.45) is 0 Å². The molecule has 7 nitrogen and oxygen atoms in total. The van der Waals surface area contributed by atoms with Gasteiger partial charge < -0.3 is 9.15 Å². The van der Waals surface area contributed by atoms with Crippen LogP contribution in [0.5, 0.6) is 5.75 Å². The maximum atomic E-state index is 12.3. The molecule has 0 radical (unpaired) electrons. The van der Waals surface area contributed by atoms with E-state index >= 15 is 0 Å². The lowest BCUT2D eigenvalue weighted by atomic mass is 10.1. The van der Waals surface area contributed by atoms with Gasteiger partial charge >= 0.3 is 5.63 Å². The summed E-state index contributed by atoms with van der Waals surface area (Å²) in [5, 5.41) is 7.72. The van der Waals surface area contributed by atoms with Crippen LogP contribution in [0.3, 0.4) is 0 Å². The zero-order valence-electron chi connectivity index (χ0n) is 12.5. The van der Waals surface area contributed by atoms with Crippen molar-refractivity contribution in [3.63, 3.8) is 0 Å². The van der Waals surface area contributed by atoms with Crippen molar-refractivity contribution in [1.82, 2.24) is 15.2 Å². The molecular weight excluding hydrogens is 318 g/mol. The van der Waals surface area contributed by atoms with E-state index in [1.54, 1.807) is 25.1 Å². The van der Waals surface area contributed by atoms with Gasteiger partial charge in [0.1, 0.15) is 11.4 Å². The molecule has 3 rings (SSSR count). The number of ether oxygens (including phenoxy) is 1. The Hall–Kier alpha value is -2.61. The van der Waals surface area contributed by atoms with E-state index in [9.17, 15) is 9.59 Å². The average Bonchev–Trinajstić information content (AvgIpc) is 2.97. The molecule has 0 saturated heterocycles. The van der Waals surface area contributed by atoms with Crippen molar-refractivity contribution >= 4 is 28.5 Å². The van der Waals surface area contributed by atoms with E-state index in [1.807, 2.05) is 0 Å². The molecule has 0 atom stereocenters. The molecule has 118 valence electrons. The molecule has 0 amide bonds. The number of rotatable bonds is 5. The smallest absolute Gasteiger partial charge is 0.347 e. The number of aryl methyl sites for hydroxylation is 1. The first-order chi connectivity index (χ1) is 11.1. The predicted octanol–water partition coefficient (Wildman–Crippen LogP) is 2.20. The molecule has 0 aliphatic heterocycles. The monoisotopic (exact) mass is 331 g/mol. The highest BCUT2D eigenvalue weighted by Crippen LogP contribution is 2.25. The third kappa shape index (κ3) is 3.11. The zero-order chi connectivity index (χ0) is 16.4. The lowest BCUT2D eigenvalue weighted by molar-refractivity contribution is 0.101. The number of Topliss-reactive ketones (excluding diaryl/α,β-unsaturated/α-hetero) is 1. The first-order valence-corrected chi connectivity index (χ1v) is 7.73. The minimum absolute atomic E-state index is 0.00510. The zero-order valence-corrected chi connectivity index (χ0v) is 13.3. The number of benzene rings is 1. The van der Waals surface area contributed by atoms with Gasteiger partial charge in [-0.25, -0.2) is 9.78 Å². The quantitative estimate of drug-likeness (QED) is 0.435. The Morgan fingerprint density at radius 1 is 1.43 bits per heavy atom. The SMILES string of the molecule is COc1cccc2cc(C(=O)CSc3n[nH]c(C)n3)c(=O)oc12. The molecule has 3 aromatic rings. The van der Waals surface area contributed by atoms with Crippen LogP contribution in [-0.2, 0) is 0 Å². The number of carbonyl (C=O) groups excluding carboxylic acids is 1. The van der Waals surface area contributed by atoms with Gasteiger partial charge in [0, 0.05) is 5.39 Å². The first kappa shape index (κ1) is 15.3. The predicted molar refractivity (Wildman–Crippen MR) is 85.2 cm³/mol. The molecule has 2 heterocycles. The molecule has 0 fully saturated rings. The number of para-hydroxylation sites is 1. The summed E-state index contributed by atoms with van der Waals surface area (Å²) < 4.78 is 10.4. The molecule has 0 aliphatic rings. The van der Waals surface area contributed by atoms with E-state index in [4.69, 9.17) is 9.15 Å². The second-order valence-electron chi connectivity index (χ2n) is 4.74. The second-order valence-corrected chi connectivity index (χ2v) is 5.68. The van der Waals surface area contributed by atoms with Gasteiger partial charge in [0.15, 0.2) is 17.1 Å². The van der Waals surface area contributed by atoms with Gasteiger partial charge in [-0.15, -0.1) is 5.10 Å². The van der Waals surface area contributed by atoms with Gasteiger partial charge in [-0.05, 0) is 19.1 Å². The van der Waals surface area contributed by atoms with Crippen molar-refractivity contribution in [3.8, 4) is 5.75 Å². The van der Waals surface area contributed by atoms with Gasteiger partial charge in [0.2, 0.25) is 5.16 Å². The summed E-state index contributed by atoms with van der Waals surface area (Å²) in [7, 11) is 1.49. The molecule has 0 unspecified atom stereocenters. The van der Waals surface area contributed by atoms with E-state index in [-0.39, 0.29) is 17.1 Å². The number of aromatic nitrogens is 3. The summed E-state index contributed by atoms with van der Waals surface area (Å²) in [6.07, 6.45) is 0. The number of ketones is 1. The Morgan fingerprint density at radius 3 is 2.96 bits per heavy atom. The number of methoxy groups -OCH3 is 1. The Kier molecular flexibility index (Phi) is 4.16. The number of H-pyrrole nitrogens is 1. The average molecular weight is 331 g/mol. The Morgan fingerprint density at radius 2 is 2.26 bits per heavy atom. The molecular formula is C15H13N3O4S. The lowest BCUT2D eigenvalue weighted by Gasteiger charge is -2.05. The fraction of sp³-hybridized carbons (Fsp3) is 0.200. The molecule has 0 saturated carbocycles. The molecule has 2 aromatic heterocycles. The van der Waals surface area contributed by atoms with Crippen LogP contribution < -0.4 is 10.4 Å². The van der Waals surface area contributed by atoms with Gasteiger partial charge in [-0.2, -0.15) is 0 Å². The Balaban J connectivity index is 1.88. The number of nitrogens with one attached hydrogen (secondary N) is 1. The summed E-state index contributed by atoms with van der Waals surface area (Å²) in [6, 6.07) is 6.73. The summed E-state index contributed by atoms with van der Waals surface area (Å²) >= 11 is 1.16. The normalized spacial score (nSPS) is 10.9. The van der Waals surface area contributed by atoms with Crippen LogP contribution in [0.2, 0.25) is 0 Å². The van der Waals surface area contributed by atoms with Crippen LogP contribution >= 0.6 is 11.8 Å². The van der Waals surface area contributed by atoms with Crippen LogP contribution in [0, 0.1) is 6.92 Å². The molecule has 0 aliphatic carbocycles. The number of aromatic amines is 1. The maximum Gasteiger partial charge on any atom is 0.347 e. The lowest BCUT2D eigenvalue weighted by Crippen LogP contribution is -2.15. The molecule has 23 heavy (non-hydrogen) atoms. The number of hydrogen-bond donors (Lipinski definition) is 1. The fourth-order valence-electron chi connectivity index (χ4n) is 2.07. The highest BCUT2D eigenvalue weighted by atomic mass is 32.2. The van der Waals surface area contributed by atoms with Crippen LogP contribution in [0.15, 0.2) is 38.6 Å². The van der Waals surface area contributed by atoms with Crippen LogP contribution in [0.25, 0.3) is 11.0 Å². The third-order valence-corrected chi connectivity index (χ3v) is 4.00. The molecule has 1 aromatic carbocycles. The summed E-state index contributed by atoms with van der Waals surface area (Å²) in [4.78, 5) is 28.4. The Bertz CT molecular complexity index is 932. The minimum Gasteiger partial charge on any atom is -0.493 e. The summed E-state index contributed by atoms with van der Waals surface area (Å²) in [6.45, 7) is 1.77. The van der Waals surface area contributed by atoms with Gasteiger partial charge in [0.05, 0.1) is 12.9 Å². The summed E-state index contributed by atoms with van der Waals surface area (Å²) in [5.41, 5.74) is -0.349. The van der Waals surface area contributed by atoms with E-state index in [2.05, 4.69) is 15.2 Å². The Labute approximate surface area is 135 Å². The van der Waals surface area contributed by atoms with Crippen molar-refractivity contribution < 1.29 is 13.9 Å². The van der Waals surface area contributed by atoms with Crippen molar-refractivity contribution in [1.29, 1.82) is 0 Å². The number of thioether (sulfide) groups is 1. The van der Waals surface area contributed by atoms with E-state index < -0.39 is 5.63 Å². The van der Waals surface area contributed by atoms with Crippen molar-refractivity contribution in [2.45, 2.75) is 12.1 Å². The number of hydrogen-bond acceptors (Lipinski definition) is 7. The maximum absolute atomic E-state index is 12.3. The van der Waals surface area contributed by atoms with Crippen LogP contribution in [0.1, 0.15) is 16.2 Å². The van der Waals surface area contributed by atoms with Gasteiger partial charge in [-0.1, -0.05) is 23.9 Å². The van der Waals surface area contributed by atoms with E-state index in [1.165, 1.54) is 13.2 Å². The highest BCUT2D eigenvalue weighted by Gasteiger charge is 2.16. The highest BCUT2D eigenvalue weighted by molar-refractivity contribution is 7.99. The largest absolute Gasteiger partial charge is 0.493 e. The first-order valence-electron chi connectivity index (χ1n) is 6.74. The van der Waals surface area contributed by atoms with Crippen LogP contribution in [-0.4, -0.2) is 33.8 Å². The second kappa shape index (κ2) is 6.25. The standard InChI is InChI=1S/C15H13N3O4S/c1-8-16-15(18-17-8)23-7-11(19)10-6-9-4-3-5-12(21-2)13(9)22-14(10)20/h3-6H,7H2,1-2H3,(H,16,17,18). The fourth-order valence-corrected chi connectivity index (χ4v) is 2.79. The van der Waals surface area contributed by atoms with E-state index in [0.29, 0.717) is 27.7 Å². The van der Waals surface area contributed by atoms with E-state index in [0.717, 1.165) is 11.8 Å². The van der Waals surface area contributed by atoms with Crippen molar-refractivity contribution in [2.75, 3.05) is 12.9 Å². The van der Waals surface area contributed by atoms with Crippen molar-refractivity contribution in [3.05, 3.63) is 46.1 Å².